The molecule has 0 saturated heterocycles. The van der Waals surface area contributed by atoms with Gasteiger partial charge in [0.15, 0.2) is 0 Å². The van der Waals surface area contributed by atoms with Gasteiger partial charge in [-0.15, -0.1) is 0 Å². The minimum atomic E-state index is 1.11. The van der Waals surface area contributed by atoms with Gasteiger partial charge in [-0.1, -0.05) is 140 Å². The molecule has 7 aromatic carbocycles. The Bertz CT molecular complexity index is 2440. The second-order valence-electron chi connectivity index (χ2n) is 12.6. The topological polar surface area (TPSA) is 8.17 Å². The second-order valence-corrected chi connectivity index (χ2v) is 12.6. The summed E-state index contributed by atoms with van der Waals surface area (Å²) in [5.74, 6) is 0. The van der Waals surface area contributed by atoms with Crippen molar-refractivity contribution in [3.05, 3.63) is 206 Å². The summed E-state index contributed by atoms with van der Waals surface area (Å²) in [5.41, 5.74) is 15.1. The van der Waals surface area contributed by atoms with Crippen LogP contribution >= 0.6 is 0 Å². The van der Waals surface area contributed by atoms with Crippen molar-refractivity contribution in [3.63, 3.8) is 0 Å². The van der Waals surface area contributed by atoms with Crippen LogP contribution in [0.2, 0.25) is 0 Å². The van der Waals surface area contributed by atoms with Crippen molar-refractivity contribution in [2.45, 2.75) is 6.92 Å². The number of fused-ring (bicyclic) bond motifs is 1. The zero-order valence-electron chi connectivity index (χ0n) is 28.7. The molecule has 0 aliphatic rings. The van der Waals surface area contributed by atoms with Crippen LogP contribution in [-0.4, -0.2) is 4.57 Å². The lowest BCUT2D eigenvalue weighted by molar-refractivity contribution is 1.10. The molecule has 0 radical (unpaired) electrons. The Morgan fingerprint density at radius 2 is 0.902 bits per heavy atom. The number of para-hydroxylation sites is 2. The van der Waals surface area contributed by atoms with Gasteiger partial charge in [0.2, 0.25) is 0 Å². The first-order chi connectivity index (χ1) is 25.2. The summed E-state index contributed by atoms with van der Waals surface area (Å²) in [6, 6.07) is 64.9. The minimum Gasteiger partial charge on any atom is -0.311 e. The molecule has 0 atom stereocenters. The van der Waals surface area contributed by atoms with Crippen LogP contribution in [0.3, 0.4) is 0 Å². The van der Waals surface area contributed by atoms with E-state index in [1.54, 1.807) is 0 Å². The zero-order chi connectivity index (χ0) is 34.6. The average Bonchev–Trinajstić information content (AvgIpc) is 3.52. The van der Waals surface area contributed by atoms with Gasteiger partial charge in [-0.05, 0) is 107 Å². The number of hydrogen-bond donors (Lipinski definition) is 0. The predicted molar refractivity (Wildman–Crippen MR) is 219 cm³/mol. The van der Waals surface area contributed by atoms with Crippen LogP contribution < -0.4 is 4.90 Å². The van der Waals surface area contributed by atoms with E-state index in [-0.39, 0.29) is 0 Å². The van der Waals surface area contributed by atoms with Crippen molar-refractivity contribution in [3.8, 4) is 39.1 Å². The van der Waals surface area contributed by atoms with E-state index in [2.05, 4.69) is 217 Å². The summed E-state index contributed by atoms with van der Waals surface area (Å²) < 4.78 is 2.32. The van der Waals surface area contributed by atoms with Crippen molar-refractivity contribution >= 4 is 40.1 Å². The third-order valence-electron chi connectivity index (χ3n) is 9.51. The molecule has 0 aliphatic heterocycles. The molecule has 2 nitrogen and oxygen atoms in total. The largest absolute Gasteiger partial charge is 0.311 e. The molecule has 0 amide bonds. The second kappa shape index (κ2) is 14.1. The van der Waals surface area contributed by atoms with E-state index in [1.807, 2.05) is 6.08 Å². The van der Waals surface area contributed by atoms with E-state index in [0.717, 1.165) is 34.0 Å². The molecule has 0 fully saturated rings. The van der Waals surface area contributed by atoms with Gasteiger partial charge in [0, 0.05) is 33.7 Å². The maximum absolute atomic E-state index is 4.19. The molecule has 51 heavy (non-hydrogen) atoms. The van der Waals surface area contributed by atoms with Crippen molar-refractivity contribution in [2.24, 2.45) is 0 Å². The van der Waals surface area contributed by atoms with Gasteiger partial charge in [0.1, 0.15) is 0 Å². The number of anilines is 3. The summed E-state index contributed by atoms with van der Waals surface area (Å²) in [5, 5.41) is 1.19. The Hall–Kier alpha value is -6.64. The van der Waals surface area contributed by atoms with E-state index in [9.17, 15) is 0 Å². The molecule has 0 bridgehead atoms. The maximum Gasteiger partial charge on any atom is 0.0541 e. The zero-order valence-corrected chi connectivity index (χ0v) is 28.7. The van der Waals surface area contributed by atoms with Crippen molar-refractivity contribution in [1.82, 2.24) is 4.57 Å². The normalized spacial score (nSPS) is 11.2. The molecule has 0 unspecified atom stereocenters. The molecule has 0 aliphatic carbocycles. The summed E-state index contributed by atoms with van der Waals surface area (Å²) in [6.45, 7) is 6.25. The molecular formula is C49H38N2. The van der Waals surface area contributed by atoms with E-state index in [0.29, 0.717) is 0 Å². The smallest absolute Gasteiger partial charge is 0.0541 e. The van der Waals surface area contributed by atoms with Gasteiger partial charge in [0.05, 0.1) is 11.2 Å². The number of aromatic nitrogens is 1. The first kappa shape index (κ1) is 31.6. The van der Waals surface area contributed by atoms with E-state index in [4.69, 9.17) is 0 Å². The lowest BCUT2D eigenvalue weighted by Crippen LogP contribution is -2.09. The molecule has 1 aromatic heterocycles. The van der Waals surface area contributed by atoms with E-state index >= 15 is 0 Å². The van der Waals surface area contributed by atoms with Crippen LogP contribution in [0.4, 0.5) is 17.1 Å². The Morgan fingerprint density at radius 1 is 0.471 bits per heavy atom. The average molecular weight is 655 g/mol. The number of hydrogen-bond acceptors (Lipinski definition) is 1. The molecule has 1 heterocycles. The minimum absolute atomic E-state index is 1.11. The van der Waals surface area contributed by atoms with E-state index < -0.39 is 0 Å². The quantitative estimate of drug-likeness (QED) is 0.150. The third kappa shape index (κ3) is 6.20. The Morgan fingerprint density at radius 3 is 1.43 bits per heavy atom. The summed E-state index contributed by atoms with van der Waals surface area (Å²) in [4.78, 5) is 2.31. The summed E-state index contributed by atoms with van der Waals surface area (Å²) in [7, 11) is 0. The summed E-state index contributed by atoms with van der Waals surface area (Å²) >= 11 is 0. The fourth-order valence-corrected chi connectivity index (χ4v) is 7.02. The van der Waals surface area contributed by atoms with Crippen LogP contribution in [0, 0.1) is 0 Å². The van der Waals surface area contributed by atoms with Crippen molar-refractivity contribution in [2.75, 3.05) is 4.90 Å². The molecule has 2 heteroatoms. The standard InChI is InChI=1S/C49H38N2/c1-3-14-48-46(4-2)47-35-41(29-34-49(47)51(48)43-19-12-7-13-20-43)40-23-21-37(22-24-40)39-27-32-45(33-28-39)50(42-17-10-6-11-18-42)44-30-25-38(26-31-44)36-15-8-5-9-16-36/h3-35H,2H2,1H3/b14-3-. The van der Waals surface area contributed by atoms with Crippen molar-refractivity contribution in [1.29, 1.82) is 0 Å². The lowest BCUT2D eigenvalue weighted by atomic mass is 9.98. The van der Waals surface area contributed by atoms with Crippen LogP contribution in [-0.2, 0) is 0 Å². The Kier molecular flexibility index (Phi) is 8.72. The highest BCUT2D eigenvalue weighted by atomic mass is 15.1. The SMILES string of the molecule is C=Cc1c(/C=C\C)n(-c2ccccc2)c2ccc(-c3ccc(-c4ccc(N(c5ccccc5)c5ccc(-c6ccccc6)cc5)cc4)cc3)cc12. The molecular weight excluding hydrogens is 617 g/mol. The highest BCUT2D eigenvalue weighted by molar-refractivity contribution is 5.97. The molecule has 0 saturated carbocycles. The first-order valence-electron chi connectivity index (χ1n) is 17.4. The summed E-state index contributed by atoms with van der Waals surface area (Å²) in [6.07, 6.45) is 6.24. The van der Waals surface area contributed by atoms with Gasteiger partial charge in [-0.2, -0.15) is 0 Å². The number of allylic oxidation sites excluding steroid dienone is 1. The molecule has 8 rings (SSSR count). The van der Waals surface area contributed by atoms with Crippen LogP contribution in [0.5, 0.6) is 0 Å². The van der Waals surface area contributed by atoms with Crippen LogP contribution in [0.25, 0.3) is 62.1 Å². The lowest BCUT2D eigenvalue weighted by Gasteiger charge is -2.26. The first-order valence-corrected chi connectivity index (χ1v) is 17.4. The fourth-order valence-electron chi connectivity index (χ4n) is 7.02. The fraction of sp³-hybridized carbons (Fsp3) is 0.0204. The monoisotopic (exact) mass is 654 g/mol. The van der Waals surface area contributed by atoms with Gasteiger partial charge >= 0.3 is 0 Å². The Labute approximate surface area is 300 Å². The Balaban J connectivity index is 1.09. The highest BCUT2D eigenvalue weighted by Gasteiger charge is 2.16. The predicted octanol–water partition coefficient (Wildman–Crippen LogP) is 13.8. The third-order valence-corrected chi connectivity index (χ3v) is 9.51. The van der Waals surface area contributed by atoms with E-state index in [1.165, 1.54) is 44.3 Å². The molecule has 8 aromatic rings. The highest BCUT2D eigenvalue weighted by Crippen LogP contribution is 2.38. The molecule has 244 valence electrons. The van der Waals surface area contributed by atoms with Gasteiger partial charge in [-0.3, -0.25) is 0 Å². The number of benzene rings is 7. The van der Waals surface area contributed by atoms with Gasteiger partial charge in [-0.25, -0.2) is 0 Å². The van der Waals surface area contributed by atoms with Crippen molar-refractivity contribution < 1.29 is 0 Å². The number of rotatable bonds is 9. The molecule has 0 spiro atoms. The number of nitrogens with zero attached hydrogens (tertiary/aromatic N) is 2. The van der Waals surface area contributed by atoms with Gasteiger partial charge in [0.25, 0.3) is 0 Å². The molecule has 0 N–H and O–H groups in total. The van der Waals surface area contributed by atoms with Gasteiger partial charge < -0.3 is 9.47 Å². The van der Waals surface area contributed by atoms with Crippen LogP contribution in [0.1, 0.15) is 18.2 Å². The van der Waals surface area contributed by atoms with Crippen LogP contribution in [0.15, 0.2) is 195 Å². The maximum atomic E-state index is 4.19.